The molecule has 2 aromatic carbocycles. The molecule has 2 N–H and O–H groups in total. The average Bonchev–Trinajstić information content (AvgIpc) is 2.55. The van der Waals surface area contributed by atoms with Crippen molar-refractivity contribution in [2.45, 2.75) is 0 Å². The lowest BCUT2D eigenvalue weighted by atomic mass is 9.98. The second-order valence-corrected chi connectivity index (χ2v) is 4.80. The Morgan fingerprint density at radius 1 is 0.955 bits per heavy atom. The van der Waals surface area contributed by atoms with Crippen molar-refractivity contribution < 1.29 is 5.11 Å². The van der Waals surface area contributed by atoms with E-state index in [0.717, 1.165) is 5.56 Å². The number of aromatic amines is 1. The summed E-state index contributed by atoms with van der Waals surface area (Å²) in [7, 11) is 0. The molecular formula is C18H12N2O2. The highest BCUT2D eigenvalue weighted by Crippen LogP contribution is 2.31. The number of hydrogen-bond acceptors (Lipinski definition) is 3. The molecule has 0 bridgehead atoms. The smallest absolute Gasteiger partial charge is 0.266 e. The molecule has 0 aliphatic rings. The second-order valence-electron chi connectivity index (χ2n) is 4.80. The van der Waals surface area contributed by atoms with Gasteiger partial charge in [0.1, 0.15) is 17.4 Å². The van der Waals surface area contributed by atoms with Crippen LogP contribution in [0, 0.1) is 11.3 Å². The first-order valence-electron chi connectivity index (χ1n) is 6.72. The normalized spacial score (nSPS) is 10.1. The van der Waals surface area contributed by atoms with Gasteiger partial charge in [0.2, 0.25) is 0 Å². The lowest BCUT2D eigenvalue weighted by molar-refractivity contribution is 0.477. The van der Waals surface area contributed by atoms with Gasteiger partial charge in [-0.25, -0.2) is 0 Å². The zero-order valence-corrected chi connectivity index (χ0v) is 11.6. The lowest BCUT2D eigenvalue weighted by Gasteiger charge is -2.09. The molecule has 106 valence electrons. The van der Waals surface area contributed by atoms with E-state index in [-0.39, 0.29) is 11.3 Å². The number of nitriles is 1. The minimum Gasteiger partial charge on any atom is -0.507 e. The van der Waals surface area contributed by atoms with E-state index in [2.05, 4.69) is 4.98 Å². The number of phenolic OH excluding ortho intramolecular Hbond substituents is 1. The summed E-state index contributed by atoms with van der Waals surface area (Å²) in [6, 6.07) is 19.6. The van der Waals surface area contributed by atoms with Crippen molar-refractivity contribution in [2.24, 2.45) is 0 Å². The molecule has 0 spiro atoms. The molecule has 0 unspecified atom stereocenters. The Labute approximate surface area is 126 Å². The van der Waals surface area contributed by atoms with Crippen molar-refractivity contribution in [1.29, 1.82) is 5.26 Å². The van der Waals surface area contributed by atoms with Crippen molar-refractivity contribution in [3.05, 3.63) is 76.6 Å². The summed E-state index contributed by atoms with van der Waals surface area (Å²) in [4.78, 5) is 14.9. The Morgan fingerprint density at radius 3 is 2.32 bits per heavy atom. The number of nitrogens with one attached hydrogen (secondary N) is 1. The summed E-state index contributed by atoms with van der Waals surface area (Å²) in [6.07, 6.45) is 0. The van der Waals surface area contributed by atoms with E-state index in [1.165, 1.54) is 6.07 Å². The van der Waals surface area contributed by atoms with Gasteiger partial charge in [0.05, 0.1) is 0 Å². The van der Waals surface area contributed by atoms with Crippen molar-refractivity contribution in [3.63, 3.8) is 0 Å². The van der Waals surface area contributed by atoms with Crippen LogP contribution in [0.25, 0.3) is 22.4 Å². The number of aromatic hydroxyl groups is 1. The highest BCUT2D eigenvalue weighted by atomic mass is 16.3. The minimum absolute atomic E-state index is 0.0128. The van der Waals surface area contributed by atoms with Crippen LogP contribution in [0.1, 0.15) is 5.56 Å². The van der Waals surface area contributed by atoms with E-state index in [1.54, 1.807) is 24.3 Å². The maximum absolute atomic E-state index is 12.2. The first kappa shape index (κ1) is 13.7. The van der Waals surface area contributed by atoms with Crippen LogP contribution in [0.2, 0.25) is 0 Å². The Hall–Kier alpha value is -3.32. The highest BCUT2D eigenvalue weighted by Gasteiger charge is 2.14. The molecule has 4 nitrogen and oxygen atoms in total. The number of pyridine rings is 1. The van der Waals surface area contributed by atoms with Gasteiger partial charge < -0.3 is 10.1 Å². The van der Waals surface area contributed by atoms with Gasteiger partial charge in [0, 0.05) is 16.8 Å². The number of H-pyrrole nitrogens is 1. The van der Waals surface area contributed by atoms with Crippen LogP contribution in [0.3, 0.4) is 0 Å². The van der Waals surface area contributed by atoms with Crippen LogP contribution in [-0.2, 0) is 0 Å². The van der Waals surface area contributed by atoms with Gasteiger partial charge in [-0.15, -0.1) is 0 Å². The molecule has 0 fully saturated rings. The molecule has 3 aromatic rings. The van der Waals surface area contributed by atoms with E-state index < -0.39 is 5.56 Å². The van der Waals surface area contributed by atoms with Gasteiger partial charge in [0.25, 0.3) is 5.56 Å². The molecule has 4 heteroatoms. The van der Waals surface area contributed by atoms with Crippen LogP contribution in [0.15, 0.2) is 65.5 Å². The molecule has 1 aromatic heterocycles. The molecule has 0 amide bonds. The zero-order valence-electron chi connectivity index (χ0n) is 11.6. The molecule has 0 aliphatic carbocycles. The monoisotopic (exact) mass is 288 g/mol. The van der Waals surface area contributed by atoms with Crippen LogP contribution in [-0.4, -0.2) is 10.1 Å². The number of benzene rings is 2. The fourth-order valence-corrected chi connectivity index (χ4v) is 2.36. The standard InChI is InChI=1S/C18H12N2O2/c19-11-15-14(13-8-4-5-9-17(13)21)10-16(20-18(15)22)12-6-2-1-3-7-12/h1-10,21H,(H,20,22). The quantitative estimate of drug-likeness (QED) is 0.759. The maximum atomic E-state index is 12.2. The molecule has 3 rings (SSSR count). The van der Waals surface area contributed by atoms with Crippen LogP contribution in [0.4, 0.5) is 0 Å². The second kappa shape index (κ2) is 5.58. The Bertz CT molecular complexity index is 922. The molecule has 1 heterocycles. The molecule has 0 radical (unpaired) electrons. The van der Waals surface area contributed by atoms with Crippen molar-refractivity contribution >= 4 is 0 Å². The molecule has 0 aliphatic heterocycles. The van der Waals surface area contributed by atoms with Crippen LogP contribution in [0.5, 0.6) is 5.75 Å². The number of rotatable bonds is 2. The average molecular weight is 288 g/mol. The van der Waals surface area contributed by atoms with Crippen molar-refractivity contribution in [3.8, 4) is 34.2 Å². The summed E-state index contributed by atoms with van der Waals surface area (Å²) in [6.45, 7) is 0. The Balaban J connectivity index is 2.30. The zero-order chi connectivity index (χ0) is 15.5. The van der Waals surface area contributed by atoms with Gasteiger partial charge in [-0.05, 0) is 17.7 Å². The lowest BCUT2D eigenvalue weighted by Crippen LogP contribution is -2.12. The summed E-state index contributed by atoms with van der Waals surface area (Å²) in [5.41, 5.74) is 1.83. The van der Waals surface area contributed by atoms with Gasteiger partial charge in [-0.2, -0.15) is 5.26 Å². The van der Waals surface area contributed by atoms with Gasteiger partial charge >= 0.3 is 0 Å². The number of nitrogens with zero attached hydrogens (tertiary/aromatic N) is 1. The van der Waals surface area contributed by atoms with E-state index >= 15 is 0 Å². The summed E-state index contributed by atoms with van der Waals surface area (Å²) in [5.74, 6) is 0.0311. The Morgan fingerprint density at radius 2 is 1.64 bits per heavy atom. The summed E-state index contributed by atoms with van der Waals surface area (Å²) >= 11 is 0. The number of phenols is 1. The summed E-state index contributed by atoms with van der Waals surface area (Å²) in [5, 5.41) is 19.3. The minimum atomic E-state index is -0.470. The third-order valence-corrected chi connectivity index (χ3v) is 3.42. The van der Waals surface area contributed by atoms with E-state index in [9.17, 15) is 15.2 Å². The predicted molar refractivity (Wildman–Crippen MR) is 84.3 cm³/mol. The van der Waals surface area contributed by atoms with E-state index in [4.69, 9.17) is 0 Å². The van der Waals surface area contributed by atoms with Gasteiger partial charge in [-0.1, -0.05) is 48.5 Å². The van der Waals surface area contributed by atoms with E-state index in [0.29, 0.717) is 16.8 Å². The first-order chi connectivity index (χ1) is 10.7. The van der Waals surface area contributed by atoms with E-state index in [1.807, 2.05) is 36.4 Å². The Kier molecular flexibility index (Phi) is 3.47. The van der Waals surface area contributed by atoms with Crippen molar-refractivity contribution in [2.75, 3.05) is 0 Å². The molecule has 0 atom stereocenters. The van der Waals surface area contributed by atoms with Gasteiger partial charge in [0.15, 0.2) is 0 Å². The van der Waals surface area contributed by atoms with Crippen LogP contribution >= 0.6 is 0 Å². The van der Waals surface area contributed by atoms with Gasteiger partial charge in [-0.3, -0.25) is 4.79 Å². The fourth-order valence-electron chi connectivity index (χ4n) is 2.36. The largest absolute Gasteiger partial charge is 0.507 e. The third-order valence-electron chi connectivity index (χ3n) is 3.42. The third kappa shape index (κ3) is 2.36. The number of para-hydroxylation sites is 1. The number of hydrogen-bond donors (Lipinski definition) is 2. The summed E-state index contributed by atoms with van der Waals surface area (Å²) < 4.78 is 0. The number of aromatic nitrogens is 1. The molecule has 0 saturated heterocycles. The predicted octanol–water partition coefficient (Wildman–Crippen LogP) is 3.29. The molecule has 22 heavy (non-hydrogen) atoms. The maximum Gasteiger partial charge on any atom is 0.266 e. The fraction of sp³-hybridized carbons (Fsp3) is 0. The first-order valence-corrected chi connectivity index (χ1v) is 6.72. The topological polar surface area (TPSA) is 76.9 Å². The van der Waals surface area contributed by atoms with Crippen LogP contribution < -0.4 is 5.56 Å². The molecule has 0 saturated carbocycles. The SMILES string of the molecule is N#Cc1c(-c2ccccc2O)cc(-c2ccccc2)[nH]c1=O. The molecular weight excluding hydrogens is 276 g/mol. The highest BCUT2D eigenvalue weighted by molar-refractivity contribution is 5.78. The van der Waals surface area contributed by atoms with Crippen molar-refractivity contribution in [1.82, 2.24) is 4.98 Å².